The summed E-state index contributed by atoms with van der Waals surface area (Å²) < 4.78 is 57.0. The summed E-state index contributed by atoms with van der Waals surface area (Å²) in [7, 11) is -7.86. The van der Waals surface area contributed by atoms with Crippen LogP contribution in [-0.2, 0) is 20.0 Å². The molecular weight excluding hydrogens is 536 g/mol. The van der Waals surface area contributed by atoms with Gasteiger partial charge in [-0.3, -0.25) is 19.0 Å². The van der Waals surface area contributed by atoms with Crippen LogP contribution in [0.2, 0.25) is 0 Å². The number of carbonyl (C=O) groups excluding carboxylic acids is 2. The Morgan fingerprint density at radius 1 is 0.641 bits per heavy atom. The fourth-order valence-corrected chi connectivity index (χ4v) is 7.27. The normalized spacial score (nSPS) is 13.1. The molecule has 0 saturated carbocycles. The molecule has 0 unspecified atom stereocenters. The largest absolute Gasteiger partial charge is 0.289 e. The smallest absolute Gasteiger partial charge is 0.262 e. The van der Waals surface area contributed by atoms with Gasteiger partial charge in [0.2, 0.25) is 10.0 Å². The lowest BCUT2D eigenvalue weighted by molar-refractivity contribution is 0.0980. The van der Waals surface area contributed by atoms with Crippen molar-refractivity contribution in [1.29, 1.82) is 0 Å². The lowest BCUT2D eigenvalue weighted by Crippen LogP contribution is -2.26. The van der Waals surface area contributed by atoms with E-state index in [1.165, 1.54) is 42.5 Å². The van der Waals surface area contributed by atoms with Gasteiger partial charge in [0, 0.05) is 11.1 Å². The van der Waals surface area contributed by atoms with Crippen molar-refractivity contribution < 1.29 is 26.4 Å². The lowest BCUT2D eigenvalue weighted by atomic mass is 9.82. The summed E-state index contributed by atoms with van der Waals surface area (Å²) in [6.45, 7) is 3.77. The Labute approximate surface area is 229 Å². The van der Waals surface area contributed by atoms with Crippen molar-refractivity contribution in [2.45, 2.75) is 57.3 Å². The van der Waals surface area contributed by atoms with Gasteiger partial charge in [-0.25, -0.2) is 16.8 Å². The molecule has 10 heteroatoms. The van der Waals surface area contributed by atoms with Crippen molar-refractivity contribution in [3.63, 3.8) is 0 Å². The van der Waals surface area contributed by atoms with Crippen LogP contribution in [0.3, 0.4) is 0 Å². The van der Waals surface area contributed by atoms with Gasteiger partial charge in [0.25, 0.3) is 10.0 Å². The number of hydrogen-bond acceptors (Lipinski definition) is 6. The van der Waals surface area contributed by atoms with Gasteiger partial charge in [-0.1, -0.05) is 81.5 Å². The van der Waals surface area contributed by atoms with Crippen LogP contribution in [0.5, 0.6) is 0 Å². The second kappa shape index (κ2) is 11.7. The number of aryl methyl sites for hydroxylation is 1. The standard InChI is InChI=1S/C29H32N2O6S2/c1-3-4-5-6-7-10-19-38(34,35)30-23-16-11-14-21-26(23)29(33)27-22(28(21)32)15-12-17-24(27)31-39(36,37)25-18-9-8-13-20(25)2/h8-9,11-18,30-31H,3-7,10,19H2,1-2H3. The maximum atomic E-state index is 13.8. The monoisotopic (exact) mass is 568 g/mol. The van der Waals surface area contributed by atoms with Gasteiger partial charge in [-0.05, 0) is 37.1 Å². The highest BCUT2D eigenvalue weighted by atomic mass is 32.2. The number of ketones is 2. The molecule has 0 spiro atoms. The Bertz CT molecular complexity index is 1630. The summed E-state index contributed by atoms with van der Waals surface area (Å²) in [6, 6.07) is 15.2. The molecule has 0 bridgehead atoms. The number of carbonyl (C=O) groups is 2. The predicted molar refractivity (Wildman–Crippen MR) is 153 cm³/mol. The molecule has 0 aromatic heterocycles. The topological polar surface area (TPSA) is 126 Å². The summed E-state index contributed by atoms with van der Waals surface area (Å²) in [5.74, 6) is -1.24. The Morgan fingerprint density at radius 2 is 1.21 bits per heavy atom. The van der Waals surface area contributed by atoms with E-state index >= 15 is 0 Å². The van der Waals surface area contributed by atoms with E-state index < -0.39 is 31.6 Å². The average Bonchev–Trinajstić information content (AvgIpc) is 2.89. The molecule has 39 heavy (non-hydrogen) atoms. The highest BCUT2D eigenvalue weighted by molar-refractivity contribution is 7.93. The maximum Gasteiger partial charge on any atom is 0.262 e. The van der Waals surface area contributed by atoms with Crippen LogP contribution in [-0.4, -0.2) is 34.2 Å². The minimum Gasteiger partial charge on any atom is -0.289 e. The second-order valence-corrected chi connectivity index (χ2v) is 13.2. The van der Waals surface area contributed by atoms with Crippen LogP contribution in [0.4, 0.5) is 11.4 Å². The molecule has 0 radical (unpaired) electrons. The van der Waals surface area contributed by atoms with Gasteiger partial charge in [-0.2, -0.15) is 0 Å². The summed E-state index contributed by atoms with van der Waals surface area (Å²) >= 11 is 0. The summed E-state index contributed by atoms with van der Waals surface area (Å²) in [5, 5.41) is 0. The van der Waals surface area contributed by atoms with Crippen molar-refractivity contribution in [3.8, 4) is 0 Å². The van der Waals surface area contributed by atoms with Gasteiger partial charge in [0.1, 0.15) is 0 Å². The zero-order valence-corrected chi connectivity index (χ0v) is 23.6. The minimum absolute atomic E-state index is 0.000882. The molecular formula is C29H32N2O6S2. The fraction of sp³-hybridized carbons (Fsp3) is 0.310. The quantitative estimate of drug-likeness (QED) is 0.212. The number of fused-ring (bicyclic) bond motifs is 2. The SMILES string of the molecule is CCCCCCCCS(=O)(=O)Nc1cccc2c1C(=O)c1c(NS(=O)(=O)c3ccccc3C)cccc1C2=O. The molecule has 1 aliphatic carbocycles. The van der Waals surface area contributed by atoms with E-state index in [-0.39, 0.29) is 44.3 Å². The Balaban J connectivity index is 1.65. The van der Waals surface area contributed by atoms with E-state index in [1.807, 2.05) is 0 Å². The Hall–Kier alpha value is -3.50. The maximum absolute atomic E-state index is 13.8. The van der Waals surface area contributed by atoms with Crippen molar-refractivity contribution in [2.75, 3.05) is 15.2 Å². The van der Waals surface area contributed by atoms with Gasteiger partial charge < -0.3 is 0 Å². The lowest BCUT2D eigenvalue weighted by Gasteiger charge is -2.23. The van der Waals surface area contributed by atoms with Gasteiger partial charge in [-0.15, -0.1) is 0 Å². The van der Waals surface area contributed by atoms with E-state index in [9.17, 15) is 26.4 Å². The van der Waals surface area contributed by atoms with Gasteiger partial charge in [0.05, 0.1) is 33.2 Å². The van der Waals surface area contributed by atoms with Gasteiger partial charge in [0.15, 0.2) is 11.6 Å². The summed E-state index contributed by atoms with van der Waals surface area (Å²) in [4.78, 5) is 27.3. The minimum atomic E-state index is -4.08. The number of sulfonamides is 2. The van der Waals surface area contributed by atoms with E-state index in [4.69, 9.17) is 0 Å². The predicted octanol–water partition coefficient (Wildman–Crippen LogP) is 5.67. The second-order valence-electron chi connectivity index (χ2n) is 9.67. The third-order valence-corrected chi connectivity index (χ3v) is 9.61. The number of hydrogen-bond donors (Lipinski definition) is 2. The highest BCUT2D eigenvalue weighted by Crippen LogP contribution is 2.36. The van der Waals surface area contributed by atoms with E-state index in [1.54, 1.807) is 25.1 Å². The third-order valence-electron chi connectivity index (χ3n) is 6.73. The highest BCUT2D eigenvalue weighted by Gasteiger charge is 2.35. The zero-order chi connectivity index (χ0) is 28.2. The molecule has 0 aliphatic heterocycles. The number of rotatable bonds is 12. The molecule has 0 heterocycles. The fourth-order valence-electron chi connectivity index (χ4n) is 4.76. The summed E-state index contributed by atoms with van der Waals surface area (Å²) in [6.07, 6.45) is 5.49. The Morgan fingerprint density at radius 3 is 1.82 bits per heavy atom. The number of unbranched alkanes of at least 4 members (excludes halogenated alkanes) is 5. The number of anilines is 2. The van der Waals surface area contributed by atoms with Crippen molar-refractivity contribution >= 4 is 43.0 Å². The molecule has 3 aromatic rings. The molecule has 206 valence electrons. The van der Waals surface area contributed by atoms with Crippen LogP contribution in [0.1, 0.15) is 82.9 Å². The van der Waals surface area contributed by atoms with E-state index in [2.05, 4.69) is 16.4 Å². The van der Waals surface area contributed by atoms with Crippen LogP contribution < -0.4 is 9.44 Å². The third kappa shape index (κ3) is 6.23. The molecule has 3 aromatic carbocycles. The van der Waals surface area contributed by atoms with Crippen LogP contribution in [0, 0.1) is 6.92 Å². The van der Waals surface area contributed by atoms with E-state index in [0.717, 1.165) is 32.1 Å². The molecule has 0 fully saturated rings. The van der Waals surface area contributed by atoms with E-state index in [0.29, 0.717) is 12.0 Å². The molecule has 0 saturated heterocycles. The van der Waals surface area contributed by atoms with Crippen LogP contribution in [0.15, 0.2) is 65.6 Å². The first-order valence-electron chi connectivity index (χ1n) is 13.0. The van der Waals surface area contributed by atoms with Crippen molar-refractivity contribution in [1.82, 2.24) is 0 Å². The molecule has 8 nitrogen and oxygen atoms in total. The van der Waals surface area contributed by atoms with Gasteiger partial charge >= 0.3 is 0 Å². The summed E-state index contributed by atoms with van der Waals surface area (Å²) in [5.41, 5.74) is 0.364. The first-order valence-corrected chi connectivity index (χ1v) is 16.1. The molecule has 1 aliphatic rings. The van der Waals surface area contributed by atoms with Crippen molar-refractivity contribution in [3.05, 3.63) is 88.5 Å². The van der Waals surface area contributed by atoms with Crippen LogP contribution in [0.25, 0.3) is 0 Å². The molecule has 0 atom stereocenters. The first kappa shape index (κ1) is 28.5. The van der Waals surface area contributed by atoms with Crippen molar-refractivity contribution in [2.24, 2.45) is 0 Å². The number of nitrogens with one attached hydrogen (secondary N) is 2. The van der Waals surface area contributed by atoms with Crippen LogP contribution >= 0.6 is 0 Å². The number of benzene rings is 3. The first-order chi connectivity index (χ1) is 18.6. The molecule has 4 rings (SSSR count). The molecule has 0 amide bonds. The Kier molecular flexibility index (Phi) is 8.56. The molecule has 2 N–H and O–H groups in total. The average molecular weight is 569 g/mol. The zero-order valence-electron chi connectivity index (χ0n) is 22.0.